The first kappa shape index (κ1) is 17.2. The Balaban J connectivity index is 2.80. The van der Waals surface area contributed by atoms with E-state index in [1.807, 2.05) is 0 Å². The van der Waals surface area contributed by atoms with Gasteiger partial charge in [0.1, 0.15) is 0 Å². The van der Waals surface area contributed by atoms with Gasteiger partial charge in [-0.05, 0) is 57.5 Å². The van der Waals surface area contributed by atoms with Crippen molar-refractivity contribution in [2.45, 2.75) is 59.5 Å². The van der Waals surface area contributed by atoms with Crippen molar-refractivity contribution in [2.24, 2.45) is 0 Å². The van der Waals surface area contributed by atoms with Crippen LogP contribution >= 0.6 is 0 Å². The van der Waals surface area contributed by atoms with E-state index in [1.165, 1.54) is 29.5 Å². The van der Waals surface area contributed by atoms with Crippen LogP contribution in [-0.2, 0) is 0 Å². The van der Waals surface area contributed by atoms with Crippen LogP contribution in [0.2, 0.25) is 0 Å². The van der Waals surface area contributed by atoms with Gasteiger partial charge in [0, 0.05) is 18.6 Å². The molecule has 1 N–H and O–H groups in total. The second-order valence-corrected chi connectivity index (χ2v) is 6.03. The molecule has 2 nitrogen and oxygen atoms in total. The highest BCUT2D eigenvalue weighted by Crippen LogP contribution is 2.19. The molecule has 2 unspecified atom stereocenters. The minimum Gasteiger partial charge on any atom is -0.309 e. The van der Waals surface area contributed by atoms with Crippen molar-refractivity contribution >= 4 is 0 Å². The van der Waals surface area contributed by atoms with Crippen molar-refractivity contribution in [1.82, 2.24) is 10.2 Å². The molecule has 0 aromatic heterocycles. The number of hydrogen-bond acceptors (Lipinski definition) is 2. The molecule has 0 radical (unpaired) electrons. The van der Waals surface area contributed by atoms with Crippen LogP contribution in [0.5, 0.6) is 0 Å². The summed E-state index contributed by atoms with van der Waals surface area (Å²) in [6.45, 7) is 13.2. The highest BCUT2D eigenvalue weighted by atomic mass is 15.1. The van der Waals surface area contributed by atoms with E-state index in [9.17, 15) is 0 Å². The minimum absolute atomic E-state index is 0.420. The summed E-state index contributed by atoms with van der Waals surface area (Å²) in [4.78, 5) is 2.48. The van der Waals surface area contributed by atoms with Gasteiger partial charge in [-0.15, -0.1) is 0 Å². The summed E-state index contributed by atoms with van der Waals surface area (Å²) < 4.78 is 0. The molecule has 0 saturated carbocycles. The van der Waals surface area contributed by atoms with E-state index in [0.717, 1.165) is 13.1 Å². The van der Waals surface area contributed by atoms with Gasteiger partial charge >= 0.3 is 0 Å². The minimum atomic E-state index is 0.420. The molecule has 0 saturated heterocycles. The maximum atomic E-state index is 3.63. The summed E-state index contributed by atoms with van der Waals surface area (Å²) in [7, 11) is 2.24. The zero-order chi connectivity index (χ0) is 15.1. The Hall–Kier alpha value is -0.860. The lowest BCUT2D eigenvalue weighted by atomic mass is 10.00. The molecule has 1 aromatic rings. The van der Waals surface area contributed by atoms with Crippen molar-refractivity contribution < 1.29 is 0 Å². The van der Waals surface area contributed by atoms with E-state index < -0.39 is 0 Å². The average Bonchev–Trinajstić information content (AvgIpc) is 2.41. The molecule has 20 heavy (non-hydrogen) atoms. The summed E-state index contributed by atoms with van der Waals surface area (Å²) in [5.41, 5.74) is 4.16. The number of hydrogen-bond donors (Lipinski definition) is 1. The van der Waals surface area contributed by atoms with E-state index in [4.69, 9.17) is 0 Å². The summed E-state index contributed by atoms with van der Waals surface area (Å²) in [6, 6.07) is 7.91. The van der Waals surface area contributed by atoms with E-state index >= 15 is 0 Å². The van der Waals surface area contributed by atoms with Crippen molar-refractivity contribution in [1.29, 1.82) is 0 Å². The van der Waals surface area contributed by atoms with Crippen LogP contribution < -0.4 is 5.32 Å². The molecule has 0 heterocycles. The Morgan fingerprint density at radius 3 is 2.40 bits per heavy atom. The third-order valence-corrected chi connectivity index (χ3v) is 4.31. The third-order valence-electron chi connectivity index (χ3n) is 4.31. The first-order chi connectivity index (χ1) is 9.49. The predicted octanol–water partition coefficient (Wildman–Crippen LogP) is 4.07. The van der Waals surface area contributed by atoms with Gasteiger partial charge in [-0.2, -0.15) is 0 Å². The lowest BCUT2D eigenvalue weighted by molar-refractivity contribution is 0.219. The Bertz CT molecular complexity index is 400. The Morgan fingerprint density at radius 1 is 1.15 bits per heavy atom. The summed E-state index contributed by atoms with van der Waals surface area (Å²) in [5, 5.41) is 3.63. The summed E-state index contributed by atoms with van der Waals surface area (Å²) >= 11 is 0. The first-order valence-corrected chi connectivity index (χ1v) is 8.00. The van der Waals surface area contributed by atoms with E-state index in [-0.39, 0.29) is 0 Å². The molecule has 0 bridgehead atoms. The van der Waals surface area contributed by atoms with Gasteiger partial charge in [0.15, 0.2) is 0 Å². The SMILES string of the molecule is CCCC(C)N(C)CC(NCC)c1ccc(C)c(C)c1. The maximum absolute atomic E-state index is 3.63. The van der Waals surface area contributed by atoms with Gasteiger partial charge in [-0.25, -0.2) is 0 Å². The standard InChI is InChI=1S/C18H32N2/c1-7-9-16(5)20(6)13-18(19-8-2)17-11-10-14(3)15(4)12-17/h10-12,16,18-19H,7-9,13H2,1-6H3. The predicted molar refractivity (Wildman–Crippen MR) is 89.3 cm³/mol. The summed E-state index contributed by atoms with van der Waals surface area (Å²) in [5.74, 6) is 0. The van der Waals surface area contributed by atoms with Gasteiger partial charge in [-0.1, -0.05) is 38.5 Å². The fourth-order valence-corrected chi connectivity index (χ4v) is 2.62. The van der Waals surface area contributed by atoms with Crippen molar-refractivity contribution in [3.63, 3.8) is 0 Å². The number of nitrogens with one attached hydrogen (secondary N) is 1. The largest absolute Gasteiger partial charge is 0.309 e. The molecule has 1 aromatic carbocycles. The van der Waals surface area contributed by atoms with Crippen LogP contribution in [0, 0.1) is 13.8 Å². The molecule has 0 aliphatic carbocycles. The highest BCUT2D eigenvalue weighted by molar-refractivity contribution is 5.31. The molecule has 114 valence electrons. The Morgan fingerprint density at radius 2 is 1.85 bits per heavy atom. The molecule has 2 atom stereocenters. The quantitative estimate of drug-likeness (QED) is 0.770. The number of nitrogens with zero attached hydrogens (tertiary/aromatic N) is 1. The normalized spacial score (nSPS) is 14.6. The monoisotopic (exact) mass is 276 g/mol. The van der Waals surface area contributed by atoms with Gasteiger partial charge in [0.2, 0.25) is 0 Å². The molecule has 1 rings (SSSR count). The van der Waals surface area contributed by atoms with Crippen LogP contribution in [0.4, 0.5) is 0 Å². The zero-order valence-electron chi connectivity index (χ0n) is 14.2. The number of aryl methyl sites for hydroxylation is 2. The lowest BCUT2D eigenvalue weighted by Gasteiger charge is -2.30. The van der Waals surface area contributed by atoms with E-state index in [2.05, 4.69) is 70.1 Å². The fraction of sp³-hybridized carbons (Fsp3) is 0.667. The molecule has 0 fully saturated rings. The smallest absolute Gasteiger partial charge is 0.0449 e. The van der Waals surface area contributed by atoms with Crippen LogP contribution in [0.1, 0.15) is 56.3 Å². The topological polar surface area (TPSA) is 15.3 Å². The molecular weight excluding hydrogens is 244 g/mol. The lowest BCUT2D eigenvalue weighted by Crippen LogP contribution is -2.37. The van der Waals surface area contributed by atoms with Crippen molar-refractivity contribution in [3.8, 4) is 0 Å². The first-order valence-electron chi connectivity index (χ1n) is 8.00. The van der Waals surface area contributed by atoms with Crippen molar-refractivity contribution in [3.05, 3.63) is 34.9 Å². The average molecular weight is 276 g/mol. The van der Waals surface area contributed by atoms with Gasteiger partial charge in [-0.3, -0.25) is 0 Å². The zero-order valence-corrected chi connectivity index (χ0v) is 14.2. The van der Waals surface area contributed by atoms with Crippen LogP contribution in [0.15, 0.2) is 18.2 Å². The number of likely N-dealkylation sites (N-methyl/N-ethyl adjacent to an activating group) is 2. The highest BCUT2D eigenvalue weighted by Gasteiger charge is 2.16. The second-order valence-electron chi connectivity index (χ2n) is 6.03. The molecule has 0 aliphatic rings. The van der Waals surface area contributed by atoms with Gasteiger partial charge in [0.05, 0.1) is 0 Å². The number of rotatable bonds is 8. The van der Waals surface area contributed by atoms with Gasteiger partial charge < -0.3 is 10.2 Å². The van der Waals surface area contributed by atoms with Crippen LogP contribution in [0.25, 0.3) is 0 Å². The molecule has 0 spiro atoms. The van der Waals surface area contributed by atoms with Gasteiger partial charge in [0.25, 0.3) is 0 Å². The Kier molecular flexibility index (Phi) is 7.25. The second kappa shape index (κ2) is 8.43. The molecule has 0 aliphatic heterocycles. The maximum Gasteiger partial charge on any atom is 0.0449 e. The van der Waals surface area contributed by atoms with E-state index in [1.54, 1.807) is 0 Å². The molecule has 0 amide bonds. The summed E-state index contributed by atoms with van der Waals surface area (Å²) in [6.07, 6.45) is 2.52. The fourth-order valence-electron chi connectivity index (χ4n) is 2.62. The van der Waals surface area contributed by atoms with Crippen LogP contribution in [0.3, 0.4) is 0 Å². The number of benzene rings is 1. The third kappa shape index (κ3) is 4.92. The molecule has 2 heteroatoms. The Labute approximate surface area is 125 Å². The van der Waals surface area contributed by atoms with E-state index in [0.29, 0.717) is 12.1 Å². The van der Waals surface area contributed by atoms with Crippen molar-refractivity contribution in [2.75, 3.05) is 20.1 Å². The molecular formula is C18H32N2. The van der Waals surface area contributed by atoms with Crippen LogP contribution in [-0.4, -0.2) is 31.1 Å².